The Morgan fingerprint density at radius 1 is 0.286 bits per heavy atom. The number of allylic oxidation sites excluding steroid dienone is 38. The van der Waals surface area contributed by atoms with Crippen LogP contribution in [0.25, 0.3) is 0 Å². The van der Waals surface area contributed by atoms with Gasteiger partial charge in [0.2, 0.25) is 0 Å². The Balaban J connectivity index is 4.14. The third-order valence-electron chi connectivity index (χ3n) is 16.9. The smallest absolute Gasteiger partial charge is 0.361 e. The minimum atomic E-state index is -1.53. The molecule has 588 valence electrons. The predicted molar refractivity (Wildman–Crippen MR) is 455 cm³/mol. The fourth-order valence-electron chi connectivity index (χ4n) is 10.7. The average Bonchev–Trinajstić information content (AvgIpc) is 1.97. The van der Waals surface area contributed by atoms with E-state index in [1.165, 1.54) is 89.9 Å². The van der Waals surface area contributed by atoms with Gasteiger partial charge in [-0.05, 0) is 161 Å². The molecule has 0 fully saturated rings. The minimum absolute atomic E-state index is 0.173. The highest BCUT2D eigenvalue weighted by Gasteiger charge is 2.25. The van der Waals surface area contributed by atoms with Crippen molar-refractivity contribution in [2.75, 3.05) is 47.5 Å². The Morgan fingerprint density at radius 3 is 0.762 bits per heavy atom. The number of rotatable bonds is 74. The van der Waals surface area contributed by atoms with Gasteiger partial charge >= 0.3 is 17.9 Å². The highest BCUT2D eigenvalue weighted by atomic mass is 16.7. The zero-order valence-electron chi connectivity index (χ0n) is 67.3. The normalized spacial score (nSPS) is 13.9. The van der Waals surface area contributed by atoms with Gasteiger partial charge in [-0.3, -0.25) is 9.59 Å². The summed E-state index contributed by atoms with van der Waals surface area (Å²) in [5, 5.41) is 9.78. The summed E-state index contributed by atoms with van der Waals surface area (Å²) in [7, 11) is 5.96. The molecule has 0 bridgehead atoms. The number of carboxylic acid groups (broad SMARTS) is 1. The molecule has 0 saturated carbocycles. The first-order valence-corrected chi connectivity index (χ1v) is 41.5. The first kappa shape index (κ1) is 98.4. The van der Waals surface area contributed by atoms with E-state index >= 15 is 0 Å². The van der Waals surface area contributed by atoms with Crippen molar-refractivity contribution in [3.63, 3.8) is 0 Å². The fraction of sp³-hybridized carbons (Fsp3) is 0.573. The van der Waals surface area contributed by atoms with Crippen LogP contribution in [0.1, 0.15) is 296 Å². The molecule has 0 saturated heterocycles. The maximum absolute atomic E-state index is 13.0. The van der Waals surface area contributed by atoms with Crippen LogP contribution in [0.4, 0.5) is 0 Å². The molecule has 0 aliphatic rings. The van der Waals surface area contributed by atoms with Crippen LogP contribution in [0.5, 0.6) is 0 Å². The summed E-state index contributed by atoms with van der Waals surface area (Å²) in [6, 6.07) is 0. The number of carbonyl (C=O) groups is 3. The number of carbonyl (C=O) groups excluding carboxylic acids is 2. The van der Waals surface area contributed by atoms with Crippen molar-refractivity contribution >= 4 is 17.9 Å². The Kier molecular flexibility index (Phi) is 77.7. The van der Waals surface area contributed by atoms with Crippen molar-refractivity contribution in [1.29, 1.82) is 0 Å². The molecular formula is C96H152NO8+. The molecule has 0 aliphatic heterocycles. The summed E-state index contributed by atoms with van der Waals surface area (Å²) in [6.07, 6.45) is 129. The largest absolute Gasteiger partial charge is 0.477 e. The number of hydrogen-bond donors (Lipinski definition) is 1. The molecule has 0 amide bonds. The topological polar surface area (TPSA) is 108 Å². The molecule has 1 N–H and O–H groups in total. The van der Waals surface area contributed by atoms with Gasteiger partial charge in [-0.15, -0.1) is 0 Å². The van der Waals surface area contributed by atoms with Gasteiger partial charge in [-0.2, -0.15) is 0 Å². The second-order valence-corrected chi connectivity index (χ2v) is 28.0. The fourth-order valence-corrected chi connectivity index (χ4v) is 10.7. The summed E-state index contributed by atoms with van der Waals surface area (Å²) in [5.74, 6) is -2.05. The molecule has 0 spiro atoms. The Bertz CT molecular complexity index is 2590. The lowest BCUT2D eigenvalue weighted by molar-refractivity contribution is -0.870. The summed E-state index contributed by atoms with van der Waals surface area (Å²) >= 11 is 0. The molecule has 0 heterocycles. The standard InChI is InChI=1S/C96H151NO8/c1-6-8-10-12-14-16-18-20-22-24-26-28-30-32-34-36-38-40-42-44-46-47-49-50-52-54-56-58-60-62-64-66-68-70-72-74-76-78-80-82-84-86-93(98)103-90-92(91-104-96(95(100)101)102-89-88-97(3,4)5)105-94(99)87-85-83-81-79-77-75-73-71-69-67-65-63-61-59-57-55-53-51-48-45-43-41-39-37-35-33-31-29-27-25-23-21-19-17-15-13-11-9-7-2/h8-11,14-17,20-23,26-29,32-35,38-41,44-46,48-50,53,55,59,61,65,67,71,73,92,96H,6-7,12-13,18-19,24-25,30-31,36-37,42-43,47,51-52,54,56-58,60,62-64,66,68-70,72,74-91H2,1-5H3/p+1/b10-8-,11-9-,16-14-,17-15-,22-20-,23-21-,28-26-,29-27-,34-32-,35-33-,40-38-,41-39-,46-44-,48-45-,50-49-,55-53-,61-59-,67-65-,73-71-. The predicted octanol–water partition coefficient (Wildman–Crippen LogP) is 27.4. The summed E-state index contributed by atoms with van der Waals surface area (Å²) in [5.41, 5.74) is 0. The second kappa shape index (κ2) is 83.0. The van der Waals surface area contributed by atoms with Crippen molar-refractivity contribution in [3.05, 3.63) is 231 Å². The molecule has 105 heavy (non-hydrogen) atoms. The van der Waals surface area contributed by atoms with Crippen LogP contribution in [-0.2, 0) is 33.3 Å². The van der Waals surface area contributed by atoms with E-state index in [1.807, 2.05) is 21.1 Å². The highest BCUT2D eigenvalue weighted by molar-refractivity contribution is 5.71. The van der Waals surface area contributed by atoms with E-state index in [-0.39, 0.29) is 38.6 Å². The maximum Gasteiger partial charge on any atom is 0.361 e. The molecule has 0 aromatic heterocycles. The third kappa shape index (κ3) is 84.5. The molecular weight excluding hydrogens is 1300 g/mol. The van der Waals surface area contributed by atoms with Gasteiger partial charge in [0, 0.05) is 12.8 Å². The molecule has 9 nitrogen and oxygen atoms in total. The molecule has 0 aliphatic carbocycles. The van der Waals surface area contributed by atoms with Crippen LogP contribution in [0.15, 0.2) is 231 Å². The van der Waals surface area contributed by atoms with Crippen molar-refractivity contribution in [2.45, 2.75) is 309 Å². The van der Waals surface area contributed by atoms with Crippen molar-refractivity contribution in [2.24, 2.45) is 0 Å². The average molecular weight is 1450 g/mol. The number of carboxylic acids is 1. The lowest BCUT2D eigenvalue weighted by atomic mass is 10.0. The number of nitrogens with zero attached hydrogens (tertiary/aromatic N) is 1. The van der Waals surface area contributed by atoms with Crippen LogP contribution in [-0.4, -0.2) is 87.4 Å². The van der Waals surface area contributed by atoms with E-state index in [1.54, 1.807) is 0 Å². The number of aliphatic carboxylic acids is 1. The van der Waals surface area contributed by atoms with Gasteiger partial charge in [0.1, 0.15) is 13.2 Å². The zero-order valence-corrected chi connectivity index (χ0v) is 67.3. The van der Waals surface area contributed by atoms with E-state index in [9.17, 15) is 19.5 Å². The molecule has 0 radical (unpaired) electrons. The van der Waals surface area contributed by atoms with Crippen LogP contribution in [0.2, 0.25) is 0 Å². The monoisotopic (exact) mass is 1450 g/mol. The van der Waals surface area contributed by atoms with Gasteiger partial charge in [0.25, 0.3) is 6.29 Å². The minimum Gasteiger partial charge on any atom is -0.477 e. The zero-order chi connectivity index (χ0) is 76.0. The van der Waals surface area contributed by atoms with E-state index in [2.05, 4.69) is 245 Å². The molecule has 2 atom stereocenters. The first-order valence-electron chi connectivity index (χ1n) is 41.5. The SMILES string of the molecule is CC/C=C\C/C=C\C/C=C\C/C=C\C/C=C\C/C=C\C/C=C\C/C=C\C/C=C\C/C=C\C/C=C\CCCCCCCC(=O)OC(COC(=O)CCCCCCCCCCCCCCCCCC/C=C\C/C=C\C/C=C\C/C=C\C/C=C\C/C=C\C/C=C\C/C=C\CC)COC(OCC[N+](C)(C)C)C(=O)O. The van der Waals surface area contributed by atoms with Gasteiger partial charge in [-0.1, -0.05) is 354 Å². The van der Waals surface area contributed by atoms with Crippen molar-refractivity contribution in [3.8, 4) is 0 Å². The summed E-state index contributed by atoms with van der Waals surface area (Å²) in [4.78, 5) is 37.8. The Labute approximate surface area is 644 Å². The second-order valence-electron chi connectivity index (χ2n) is 28.0. The number of ether oxygens (including phenoxy) is 4. The lowest BCUT2D eigenvalue weighted by Crippen LogP contribution is -2.40. The van der Waals surface area contributed by atoms with Crippen LogP contribution >= 0.6 is 0 Å². The van der Waals surface area contributed by atoms with Gasteiger partial charge in [0.15, 0.2) is 6.10 Å². The van der Waals surface area contributed by atoms with Crippen molar-refractivity contribution in [1.82, 2.24) is 0 Å². The molecule has 0 rings (SSSR count). The summed E-state index contributed by atoms with van der Waals surface area (Å²) in [6.45, 7) is 4.61. The van der Waals surface area contributed by atoms with E-state index in [0.29, 0.717) is 17.4 Å². The third-order valence-corrected chi connectivity index (χ3v) is 16.9. The maximum atomic E-state index is 13.0. The molecule has 0 aromatic rings. The number of esters is 2. The molecule has 0 aromatic carbocycles. The Morgan fingerprint density at radius 2 is 0.514 bits per heavy atom. The van der Waals surface area contributed by atoms with Crippen LogP contribution in [0.3, 0.4) is 0 Å². The van der Waals surface area contributed by atoms with Crippen molar-refractivity contribution < 1.29 is 42.9 Å². The van der Waals surface area contributed by atoms with Gasteiger partial charge in [0.05, 0.1) is 34.4 Å². The number of quaternary nitrogens is 1. The number of likely N-dealkylation sites (N-methyl/N-ethyl adjacent to an activating group) is 1. The number of hydrogen-bond acceptors (Lipinski definition) is 7. The van der Waals surface area contributed by atoms with E-state index in [4.69, 9.17) is 18.9 Å². The molecule has 2 unspecified atom stereocenters. The van der Waals surface area contributed by atoms with Crippen LogP contribution < -0.4 is 0 Å². The van der Waals surface area contributed by atoms with Gasteiger partial charge in [-0.25, -0.2) is 4.79 Å². The van der Waals surface area contributed by atoms with Crippen LogP contribution in [0, 0.1) is 0 Å². The van der Waals surface area contributed by atoms with Gasteiger partial charge < -0.3 is 28.5 Å². The Hall–Kier alpha value is -6.65. The highest BCUT2D eigenvalue weighted by Crippen LogP contribution is 2.17. The quantitative estimate of drug-likeness (QED) is 0.0211. The van der Waals surface area contributed by atoms with E-state index in [0.717, 1.165) is 173 Å². The first-order chi connectivity index (χ1) is 51.6. The summed E-state index contributed by atoms with van der Waals surface area (Å²) < 4.78 is 23.0. The lowest BCUT2D eigenvalue weighted by Gasteiger charge is -2.25. The number of unbranched alkanes of at least 4 members (excludes halogenated alkanes) is 21. The molecule has 9 heteroatoms. The van der Waals surface area contributed by atoms with E-state index < -0.39 is 24.3 Å².